The molecular weight excluding hydrogens is 410 g/mol. The number of rotatable bonds is 5. The van der Waals surface area contributed by atoms with Crippen LogP contribution in [0.4, 0.5) is 0 Å². The van der Waals surface area contributed by atoms with Crippen LogP contribution in [0.3, 0.4) is 0 Å². The molecule has 1 saturated heterocycles. The highest BCUT2D eigenvalue weighted by atomic mass is 32.2. The van der Waals surface area contributed by atoms with Crippen molar-refractivity contribution < 1.29 is 22.7 Å². The maximum absolute atomic E-state index is 12.9. The Hall–Kier alpha value is -1.93. The van der Waals surface area contributed by atoms with E-state index in [4.69, 9.17) is 9.47 Å². The minimum atomic E-state index is -2.98. The molecule has 0 radical (unpaired) electrons. The number of fused-ring (bicyclic) bond motifs is 1. The van der Waals surface area contributed by atoms with Crippen molar-refractivity contribution >= 4 is 27.4 Å². The molecule has 1 fully saturated rings. The Labute approximate surface area is 175 Å². The van der Waals surface area contributed by atoms with Crippen LogP contribution < -0.4 is 9.47 Å². The van der Waals surface area contributed by atoms with E-state index in [1.54, 1.807) is 0 Å². The first kappa shape index (κ1) is 20.3. The molecule has 29 heavy (non-hydrogen) atoms. The van der Waals surface area contributed by atoms with Gasteiger partial charge in [0.25, 0.3) is 0 Å². The average molecular weight is 436 g/mol. The molecule has 6 nitrogen and oxygen atoms in total. The zero-order chi connectivity index (χ0) is 20.6. The van der Waals surface area contributed by atoms with Gasteiger partial charge in [-0.2, -0.15) is 0 Å². The molecule has 1 atom stereocenters. The first-order chi connectivity index (χ1) is 13.8. The van der Waals surface area contributed by atoms with E-state index < -0.39 is 9.84 Å². The topological polar surface area (TPSA) is 74.6 Å². The van der Waals surface area contributed by atoms with Gasteiger partial charge < -0.3 is 14.0 Å². The smallest absolute Gasteiger partial charge is 0.174 e. The van der Waals surface area contributed by atoms with Gasteiger partial charge in [0.05, 0.1) is 30.5 Å². The summed E-state index contributed by atoms with van der Waals surface area (Å²) in [4.78, 5) is 13.8. The molecule has 3 heterocycles. The zero-order valence-corrected chi connectivity index (χ0v) is 18.3. The van der Waals surface area contributed by atoms with Crippen LogP contribution in [0.5, 0.6) is 11.5 Å². The quantitative estimate of drug-likeness (QED) is 0.528. The van der Waals surface area contributed by atoms with E-state index in [-0.39, 0.29) is 23.3 Å². The molecule has 2 aliphatic rings. The van der Waals surface area contributed by atoms with Gasteiger partial charge in [0, 0.05) is 34.3 Å². The third-order valence-corrected chi connectivity index (χ3v) is 8.19. The predicted molar refractivity (Wildman–Crippen MR) is 113 cm³/mol. The molecule has 8 heteroatoms. The van der Waals surface area contributed by atoms with Crippen LogP contribution in [0.2, 0.25) is 0 Å². The van der Waals surface area contributed by atoms with E-state index in [1.165, 1.54) is 11.8 Å². The van der Waals surface area contributed by atoms with Crippen LogP contribution in [0.15, 0.2) is 29.2 Å². The number of benzene rings is 1. The van der Waals surface area contributed by atoms with E-state index in [2.05, 4.69) is 0 Å². The lowest BCUT2D eigenvalue weighted by molar-refractivity contribution is 0.102. The van der Waals surface area contributed by atoms with Crippen molar-refractivity contribution in [2.45, 2.75) is 37.6 Å². The SMILES string of the molecule is Cc1cc(C(=O)CSc2ccc3c(c2)OCCCO3)c(C)n1C1CCS(=O)(=O)C1. The number of hydrogen-bond donors (Lipinski definition) is 0. The number of carbonyl (C=O) groups excluding carboxylic acids is 1. The van der Waals surface area contributed by atoms with Crippen molar-refractivity contribution in [1.82, 2.24) is 4.57 Å². The van der Waals surface area contributed by atoms with E-state index >= 15 is 0 Å². The second kappa shape index (κ2) is 8.07. The van der Waals surface area contributed by atoms with Gasteiger partial charge >= 0.3 is 0 Å². The first-order valence-electron chi connectivity index (χ1n) is 9.78. The number of aromatic nitrogens is 1. The Bertz CT molecular complexity index is 1040. The Morgan fingerprint density at radius 3 is 2.66 bits per heavy atom. The normalized spacial score (nSPS) is 20.4. The van der Waals surface area contributed by atoms with Gasteiger partial charge in [-0.1, -0.05) is 0 Å². The molecule has 0 saturated carbocycles. The lowest BCUT2D eigenvalue weighted by Crippen LogP contribution is -2.14. The lowest BCUT2D eigenvalue weighted by atomic mass is 10.2. The number of hydrogen-bond acceptors (Lipinski definition) is 6. The van der Waals surface area contributed by atoms with Crippen molar-refractivity contribution in [3.63, 3.8) is 0 Å². The van der Waals surface area contributed by atoms with Crippen LogP contribution in [-0.4, -0.2) is 49.2 Å². The first-order valence-corrected chi connectivity index (χ1v) is 12.6. The largest absolute Gasteiger partial charge is 0.490 e. The molecule has 0 N–H and O–H groups in total. The molecule has 0 aliphatic carbocycles. The Kier molecular flexibility index (Phi) is 5.66. The summed E-state index contributed by atoms with van der Waals surface area (Å²) in [6.07, 6.45) is 1.46. The highest BCUT2D eigenvalue weighted by Gasteiger charge is 2.31. The summed E-state index contributed by atoms with van der Waals surface area (Å²) in [5, 5.41) is 0. The number of aryl methyl sites for hydroxylation is 1. The van der Waals surface area contributed by atoms with Gasteiger partial charge in [-0.15, -0.1) is 11.8 Å². The molecule has 2 aliphatic heterocycles. The third kappa shape index (κ3) is 4.33. The molecule has 156 valence electrons. The summed E-state index contributed by atoms with van der Waals surface area (Å²) in [6, 6.07) is 7.57. The molecule has 2 aromatic rings. The number of nitrogens with zero attached hydrogens (tertiary/aromatic N) is 1. The fraction of sp³-hybridized carbons (Fsp3) is 0.476. The minimum absolute atomic E-state index is 0.0438. The summed E-state index contributed by atoms with van der Waals surface area (Å²) in [5.41, 5.74) is 2.47. The molecule has 1 aromatic heterocycles. The number of carbonyl (C=O) groups is 1. The molecule has 0 spiro atoms. The number of sulfone groups is 1. The van der Waals surface area contributed by atoms with E-state index in [9.17, 15) is 13.2 Å². The van der Waals surface area contributed by atoms with E-state index in [0.717, 1.165) is 34.2 Å². The summed E-state index contributed by atoms with van der Waals surface area (Å²) in [6.45, 7) is 5.12. The highest BCUT2D eigenvalue weighted by molar-refractivity contribution is 8.00. The van der Waals surface area contributed by atoms with E-state index in [0.29, 0.717) is 31.0 Å². The summed E-state index contributed by atoms with van der Waals surface area (Å²) in [5.74, 6) is 2.20. The fourth-order valence-corrected chi connectivity index (χ4v) is 6.57. The van der Waals surface area contributed by atoms with Gasteiger partial charge in [-0.05, 0) is 44.5 Å². The van der Waals surface area contributed by atoms with Crippen LogP contribution in [-0.2, 0) is 9.84 Å². The number of thioether (sulfide) groups is 1. The predicted octanol–water partition coefficient (Wildman–Crippen LogP) is 3.60. The van der Waals surface area contributed by atoms with Crippen LogP contribution in [0, 0.1) is 13.8 Å². The second-order valence-corrected chi connectivity index (χ2v) is 10.9. The van der Waals surface area contributed by atoms with Gasteiger partial charge in [0.15, 0.2) is 27.1 Å². The molecule has 1 aromatic carbocycles. The summed E-state index contributed by atoms with van der Waals surface area (Å²) < 4.78 is 37.1. The second-order valence-electron chi connectivity index (χ2n) is 7.58. The van der Waals surface area contributed by atoms with Gasteiger partial charge in [-0.25, -0.2) is 8.42 Å². The standard InChI is InChI=1S/C21H25NO5S2/c1-14-10-18(15(2)22(14)16-6-9-29(24,25)13-16)19(23)12-28-17-4-5-20-21(11-17)27-8-3-7-26-20/h4-5,10-11,16H,3,6-9,12-13H2,1-2H3. The molecule has 0 bridgehead atoms. The maximum atomic E-state index is 12.9. The van der Waals surface area contributed by atoms with Crippen molar-refractivity contribution in [2.24, 2.45) is 0 Å². The number of ether oxygens (including phenoxy) is 2. The fourth-order valence-electron chi connectivity index (χ4n) is 4.06. The van der Waals surface area contributed by atoms with Gasteiger partial charge in [-0.3, -0.25) is 4.79 Å². The lowest BCUT2D eigenvalue weighted by Gasteiger charge is -2.16. The van der Waals surface area contributed by atoms with Crippen molar-refractivity contribution in [2.75, 3.05) is 30.5 Å². The highest BCUT2D eigenvalue weighted by Crippen LogP contribution is 2.35. The van der Waals surface area contributed by atoms with Crippen molar-refractivity contribution in [1.29, 1.82) is 0 Å². The minimum Gasteiger partial charge on any atom is -0.490 e. The van der Waals surface area contributed by atoms with Crippen LogP contribution in [0.1, 0.15) is 40.6 Å². The van der Waals surface area contributed by atoms with Crippen LogP contribution in [0.25, 0.3) is 0 Å². The van der Waals surface area contributed by atoms with Gasteiger partial charge in [0.2, 0.25) is 0 Å². The molecular formula is C21H25NO5S2. The maximum Gasteiger partial charge on any atom is 0.174 e. The van der Waals surface area contributed by atoms with Crippen molar-refractivity contribution in [3.05, 3.63) is 41.2 Å². The monoisotopic (exact) mass is 435 g/mol. The molecule has 4 rings (SSSR count). The average Bonchev–Trinajstić information content (AvgIpc) is 3.07. The number of ketones is 1. The van der Waals surface area contributed by atoms with Crippen LogP contribution >= 0.6 is 11.8 Å². The number of Topliss-reactive ketones (excluding diaryl/α,β-unsaturated/α-hetero) is 1. The summed E-state index contributed by atoms with van der Waals surface area (Å²) in [7, 11) is -2.98. The zero-order valence-electron chi connectivity index (χ0n) is 16.6. The Morgan fingerprint density at radius 1 is 1.17 bits per heavy atom. The van der Waals surface area contributed by atoms with E-state index in [1.807, 2.05) is 42.7 Å². The third-order valence-electron chi connectivity index (χ3n) is 5.45. The van der Waals surface area contributed by atoms with Crippen molar-refractivity contribution in [3.8, 4) is 11.5 Å². The van der Waals surface area contributed by atoms with Gasteiger partial charge in [0.1, 0.15) is 0 Å². The summed E-state index contributed by atoms with van der Waals surface area (Å²) >= 11 is 1.47. The molecule has 1 unspecified atom stereocenters. The molecule has 0 amide bonds. The Balaban J connectivity index is 1.47. The Morgan fingerprint density at radius 2 is 1.93 bits per heavy atom.